The van der Waals surface area contributed by atoms with Crippen LogP contribution in [0.1, 0.15) is 23.7 Å². The van der Waals surface area contributed by atoms with Crippen molar-refractivity contribution in [3.63, 3.8) is 0 Å². The SMILES string of the molecule is CCNCC(O)c1csc(C)n1. The minimum absolute atomic E-state index is 0.463. The number of hydrogen-bond acceptors (Lipinski definition) is 4. The normalized spacial score (nSPS) is 13.2. The summed E-state index contributed by atoms with van der Waals surface area (Å²) in [5.41, 5.74) is 0.776. The lowest BCUT2D eigenvalue weighted by molar-refractivity contribution is 0.171. The van der Waals surface area contributed by atoms with Crippen molar-refractivity contribution < 1.29 is 5.11 Å². The van der Waals surface area contributed by atoms with Crippen LogP contribution in [0.15, 0.2) is 5.38 Å². The van der Waals surface area contributed by atoms with Gasteiger partial charge in [0.15, 0.2) is 0 Å². The van der Waals surface area contributed by atoms with E-state index in [1.807, 2.05) is 19.2 Å². The van der Waals surface area contributed by atoms with Crippen LogP contribution in [0, 0.1) is 6.92 Å². The monoisotopic (exact) mass is 186 g/mol. The van der Waals surface area contributed by atoms with Crippen molar-refractivity contribution in [1.29, 1.82) is 0 Å². The Hall–Kier alpha value is -0.450. The van der Waals surface area contributed by atoms with Gasteiger partial charge in [0.1, 0.15) is 6.10 Å². The van der Waals surface area contributed by atoms with Gasteiger partial charge < -0.3 is 10.4 Å². The fraction of sp³-hybridized carbons (Fsp3) is 0.625. The summed E-state index contributed by atoms with van der Waals surface area (Å²) >= 11 is 1.57. The molecule has 0 fully saturated rings. The highest BCUT2D eigenvalue weighted by Gasteiger charge is 2.08. The molecule has 1 atom stereocenters. The Bertz CT molecular complexity index is 237. The third kappa shape index (κ3) is 2.55. The number of nitrogens with one attached hydrogen (secondary N) is 1. The molecule has 0 aliphatic heterocycles. The predicted molar refractivity (Wildman–Crippen MR) is 50.4 cm³/mol. The first-order chi connectivity index (χ1) is 5.74. The summed E-state index contributed by atoms with van der Waals surface area (Å²) in [5.74, 6) is 0. The number of hydrogen-bond donors (Lipinski definition) is 2. The van der Waals surface area contributed by atoms with E-state index in [4.69, 9.17) is 0 Å². The van der Waals surface area contributed by atoms with E-state index in [0.717, 1.165) is 17.2 Å². The first-order valence-electron chi connectivity index (χ1n) is 4.05. The van der Waals surface area contributed by atoms with Crippen molar-refractivity contribution in [2.45, 2.75) is 20.0 Å². The second-order valence-corrected chi connectivity index (χ2v) is 3.68. The molecule has 0 spiro atoms. The highest BCUT2D eigenvalue weighted by Crippen LogP contribution is 2.14. The lowest BCUT2D eigenvalue weighted by Gasteiger charge is -2.06. The van der Waals surface area contributed by atoms with Crippen LogP contribution in [-0.2, 0) is 0 Å². The summed E-state index contributed by atoms with van der Waals surface area (Å²) in [5, 5.41) is 15.5. The summed E-state index contributed by atoms with van der Waals surface area (Å²) in [6.07, 6.45) is -0.463. The molecule has 68 valence electrons. The van der Waals surface area contributed by atoms with Gasteiger partial charge in [0.05, 0.1) is 10.7 Å². The first-order valence-corrected chi connectivity index (χ1v) is 4.92. The lowest BCUT2D eigenvalue weighted by atomic mass is 10.3. The lowest BCUT2D eigenvalue weighted by Crippen LogP contribution is -2.21. The fourth-order valence-electron chi connectivity index (χ4n) is 0.919. The second-order valence-electron chi connectivity index (χ2n) is 2.61. The van der Waals surface area contributed by atoms with E-state index < -0.39 is 6.10 Å². The van der Waals surface area contributed by atoms with Gasteiger partial charge in [-0.1, -0.05) is 6.92 Å². The summed E-state index contributed by atoms with van der Waals surface area (Å²) in [6, 6.07) is 0. The number of likely N-dealkylation sites (N-methyl/N-ethyl adjacent to an activating group) is 1. The number of thiazole rings is 1. The molecule has 0 aromatic carbocycles. The molecule has 1 unspecified atom stereocenters. The Labute approximate surface area is 76.5 Å². The van der Waals surface area contributed by atoms with E-state index in [2.05, 4.69) is 10.3 Å². The third-order valence-electron chi connectivity index (χ3n) is 1.57. The zero-order chi connectivity index (χ0) is 8.97. The van der Waals surface area contributed by atoms with Crippen LogP contribution in [-0.4, -0.2) is 23.2 Å². The maximum atomic E-state index is 9.55. The standard InChI is InChI=1S/C8H14N2OS/c1-3-9-4-8(11)7-5-12-6(2)10-7/h5,8-9,11H,3-4H2,1-2H3. The van der Waals surface area contributed by atoms with Gasteiger partial charge >= 0.3 is 0 Å². The number of aliphatic hydroxyl groups is 1. The van der Waals surface area contributed by atoms with Crippen molar-refractivity contribution >= 4 is 11.3 Å². The molecule has 1 heterocycles. The average Bonchev–Trinajstić information content (AvgIpc) is 2.47. The van der Waals surface area contributed by atoms with E-state index in [-0.39, 0.29) is 0 Å². The van der Waals surface area contributed by atoms with Gasteiger partial charge in [-0.05, 0) is 13.5 Å². The molecule has 0 amide bonds. The van der Waals surface area contributed by atoms with Gasteiger partial charge in [-0.2, -0.15) is 0 Å². The Morgan fingerprint density at radius 2 is 2.50 bits per heavy atom. The van der Waals surface area contributed by atoms with Crippen molar-refractivity contribution in [1.82, 2.24) is 10.3 Å². The van der Waals surface area contributed by atoms with Crippen molar-refractivity contribution in [2.75, 3.05) is 13.1 Å². The Balaban J connectivity index is 2.47. The molecule has 2 N–H and O–H groups in total. The van der Waals surface area contributed by atoms with Crippen LogP contribution in [0.2, 0.25) is 0 Å². The molecule has 0 bridgehead atoms. The molecular weight excluding hydrogens is 172 g/mol. The van der Waals surface area contributed by atoms with Gasteiger partial charge in [-0.15, -0.1) is 11.3 Å². The molecule has 0 saturated carbocycles. The molecule has 1 aromatic heterocycles. The van der Waals surface area contributed by atoms with Crippen molar-refractivity contribution in [3.8, 4) is 0 Å². The van der Waals surface area contributed by atoms with Crippen LogP contribution in [0.5, 0.6) is 0 Å². The van der Waals surface area contributed by atoms with Gasteiger partial charge in [0.2, 0.25) is 0 Å². The quantitative estimate of drug-likeness (QED) is 0.740. The Morgan fingerprint density at radius 3 is 3.00 bits per heavy atom. The molecule has 12 heavy (non-hydrogen) atoms. The minimum Gasteiger partial charge on any atom is -0.385 e. The van der Waals surface area contributed by atoms with E-state index in [9.17, 15) is 5.11 Å². The molecule has 1 aromatic rings. The Kier molecular flexibility index (Phi) is 3.65. The summed E-state index contributed by atoms with van der Waals surface area (Å²) < 4.78 is 0. The molecule has 4 heteroatoms. The van der Waals surface area contributed by atoms with Crippen LogP contribution in [0.3, 0.4) is 0 Å². The van der Waals surface area contributed by atoms with Crippen LogP contribution in [0.4, 0.5) is 0 Å². The molecule has 0 aliphatic carbocycles. The molecule has 3 nitrogen and oxygen atoms in total. The van der Waals surface area contributed by atoms with E-state index in [1.54, 1.807) is 11.3 Å². The topological polar surface area (TPSA) is 45.1 Å². The first kappa shape index (κ1) is 9.64. The van der Waals surface area contributed by atoms with Gasteiger partial charge in [-0.25, -0.2) is 4.98 Å². The maximum Gasteiger partial charge on any atom is 0.109 e. The van der Waals surface area contributed by atoms with E-state index >= 15 is 0 Å². The minimum atomic E-state index is -0.463. The molecule has 1 rings (SSSR count). The van der Waals surface area contributed by atoms with Crippen LogP contribution in [0.25, 0.3) is 0 Å². The highest BCUT2D eigenvalue weighted by molar-refractivity contribution is 7.09. The smallest absolute Gasteiger partial charge is 0.109 e. The predicted octanol–water partition coefficient (Wildman–Crippen LogP) is 1.09. The maximum absolute atomic E-state index is 9.55. The van der Waals surface area contributed by atoms with Gasteiger partial charge in [-0.3, -0.25) is 0 Å². The number of aliphatic hydroxyl groups excluding tert-OH is 1. The second kappa shape index (κ2) is 4.54. The Morgan fingerprint density at radius 1 is 1.75 bits per heavy atom. The highest BCUT2D eigenvalue weighted by atomic mass is 32.1. The zero-order valence-electron chi connectivity index (χ0n) is 7.37. The largest absolute Gasteiger partial charge is 0.385 e. The van der Waals surface area contributed by atoms with Crippen molar-refractivity contribution in [3.05, 3.63) is 16.1 Å². The van der Waals surface area contributed by atoms with Crippen LogP contribution >= 0.6 is 11.3 Å². The van der Waals surface area contributed by atoms with Gasteiger partial charge in [0, 0.05) is 11.9 Å². The average molecular weight is 186 g/mol. The third-order valence-corrected chi connectivity index (χ3v) is 2.36. The fourth-order valence-corrected chi connectivity index (χ4v) is 1.58. The molecule has 0 saturated heterocycles. The summed E-state index contributed by atoms with van der Waals surface area (Å²) in [7, 11) is 0. The van der Waals surface area contributed by atoms with E-state index in [1.165, 1.54) is 0 Å². The summed E-state index contributed by atoms with van der Waals surface area (Å²) in [4.78, 5) is 4.19. The molecule has 0 radical (unpaired) electrons. The van der Waals surface area contributed by atoms with Gasteiger partial charge in [0.25, 0.3) is 0 Å². The molecular formula is C8H14N2OS. The van der Waals surface area contributed by atoms with E-state index in [0.29, 0.717) is 6.54 Å². The molecule has 0 aliphatic rings. The number of aryl methyl sites for hydroxylation is 1. The van der Waals surface area contributed by atoms with Crippen molar-refractivity contribution in [2.24, 2.45) is 0 Å². The number of aromatic nitrogens is 1. The number of nitrogens with zero attached hydrogens (tertiary/aromatic N) is 1. The van der Waals surface area contributed by atoms with Crippen LogP contribution < -0.4 is 5.32 Å². The zero-order valence-corrected chi connectivity index (χ0v) is 8.19. The summed E-state index contributed by atoms with van der Waals surface area (Å²) in [6.45, 7) is 5.41. The number of rotatable bonds is 4.